The van der Waals surface area contributed by atoms with Gasteiger partial charge in [-0.1, -0.05) is 32.1 Å². The molecule has 0 radical (unpaired) electrons. The number of hydrogen-bond donors (Lipinski definition) is 0. The van der Waals surface area contributed by atoms with Crippen LogP contribution in [0.3, 0.4) is 0 Å². The van der Waals surface area contributed by atoms with Crippen molar-refractivity contribution in [1.82, 2.24) is 0 Å². The van der Waals surface area contributed by atoms with Crippen molar-refractivity contribution in [1.29, 1.82) is 0 Å². The second-order valence-electron chi connectivity index (χ2n) is 1.88. The van der Waals surface area contributed by atoms with Crippen molar-refractivity contribution in [2.24, 2.45) is 0 Å². The molecule has 0 aromatic carbocycles. The van der Waals surface area contributed by atoms with E-state index in [1.165, 1.54) is 0 Å². The van der Waals surface area contributed by atoms with E-state index in [1.807, 2.05) is 6.08 Å². The van der Waals surface area contributed by atoms with Crippen LogP contribution in [0.15, 0.2) is 24.3 Å². The summed E-state index contributed by atoms with van der Waals surface area (Å²) >= 11 is 0. The Hall–Kier alpha value is -0.850. The Morgan fingerprint density at radius 2 is 2.33 bits per heavy atom. The van der Waals surface area contributed by atoms with Crippen LogP contribution in [0.25, 0.3) is 0 Å². The van der Waals surface area contributed by atoms with Gasteiger partial charge in [0.2, 0.25) is 0 Å². The van der Waals surface area contributed by atoms with Gasteiger partial charge in [-0.3, -0.25) is 4.79 Å². The normalized spacial score (nSPS) is 9.89. The quantitative estimate of drug-likeness (QED) is 0.318. The second kappa shape index (κ2) is 5.29. The Bertz CT molecular complexity index is 123. The van der Waals surface area contributed by atoms with Gasteiger partial charge in [-0.25, -0.2) is 0 Å². The van der Waals surface area contributed by atoms with Crippen molar-refractivity contribution in [2.45, 2.75) is 19.8 Å². The summed E-state index contributed by atoms with van der Waals surface area (Å²) in [5, 5.41) is 0. The van der Waals surface area contributed by atoms with Crippen LogP contribution < -0.4 is 0 Å². The lowest BCUT2D eigenvalue weighted by atomic mass is 10.2. The molecule has 0 atom stereocenters. The maximum atomic E-state index is 9.95. The van der Waals surface area contributed by atoms with Crippen LogP contribution in [0.1, 0.15) is 19.8 Å². The zero-order valence-electron chi connectivity index (χ0n) is 5.76. The number of carbonyl (C=O) groups is 1. The van der Waals surface area contributed by atoms with E-state index in [-0.39, 0.29) is 0 Å². The standard InChI is InChI=1S/C8H12O/c1-3-4-5-6-8(2)7-9/h5-7H,2-4H2,1H3. The first-order valence-electron chi connectivity index (χ1n) is 3.12. The molecule has 9 heavy (non-hydrogen) atoms. The summed E-state index contributed by atoms with van der Waals surface area (Å²) in [5.74, 6) is 0. The SMILES string of the molecule is C=C(C=O)C=CCCC. The zero-order chi connectivity index (χ0) is 7.11. The summed E-state index contributed by atoms with van der Waals surface area (Å²) in [5.41, 5.74) is 0.545. The first-order chi connectivity index (χ1) is 4.31. The topological polar surface area (TPSA) is 17.1 Å². The van der Waals surface area contributed by atoms with Crippen LogP contribution in [0.5, 0.6) is 0 Å². The molecule has 1 nitrogen and oxygen atoms in total. The Kier molecular flexibility index (Phi) is 4.79. The Labute approximate surface area is 56.1 Å². The van der Waals surface area contributed by atoms with Gasteiger partial charge >= 0.3 is 0 Å². The Morgan fingerprint density at radius 1 is 1.67 bits per heavy atom. The predicted octanol–water partition coefficient (Wildman–Crippen LogP) is 2.10. The molecule has 0 rings (SSSR count). The predicted molar refractivity (Wildman–Crippen MR) is 39.3 cm³/mol. The molecule has 0 amide bonds. The van der Waals surface area contributed by atoms with E-state index in [0.29, 0.717) is 5.57 Å². The molecule has 0 bridgehead atoms. The van der Waals surface area contributed by atoms with Gasteiger partial charge in [0.25, 0.3) is 0 Å². The lowest BCUT2D eigenvalue weighted by Gasteiger charge is -1.83. The molecule has 0 aliphatic rings. The fourth-order valence-electron chi connectivity index (χ4n) is 0.441. The van der Waals surface area contributed by atoms with Crippen molar-refractivity contribution in [3.8, 4) is 0 Å². The van der Waals surface area contributed by atoms with E-state index in [9.17, 15) is 4.79 Å². The number of carbonyl (C=O) groups excluding carboxylic acids is 1. The lowest BCUT2D eigenvalue weighted by molar-refractivity contribution is -0.104. The van der Waals surface area contributed by atoms with E-state index in [1.54, 1.807) is 6.08 Å². The summed E-state index contributed by atoms with van der Waals surface area (Å²) < 4.78 is 0. The van der Waals surface area contributed by atoms with E-state index in [2.05, 4.69) is 13.5 Å². The van der Waals surface area contributed by atoms with Gasteiger partial charge in [0, 0.05) is 5.57 Å². The van der Waals surface area contributed by atoms with Gasteiger partial charge in [-0.15, -0.1) is 0 Å². The number of hydrogen-bond acceptors (Lipinski definition) is 1. The highest BCUT2D eigenvalue weighted by molar-refractivity contribution is 5.76. The van der Waals surface area contributed by atoms with Crippen LogP contribution in [0.2, 0.25) is 0 Å². The van der Waals surface area contributed by atoms with Gasteiger partial charge in [-0.2, -0.15) is 0 Å². The van der Waals surface area contributed by atoms with Gasteiger partial charge in [0.05, 0.1) is 0 Å². The fraction of sp³-hybridized carbons (Fsp3) is 0.375. The fourth-order valence-corrected chi connectivity index (χ4v) is 0.441. The number of unbranched alkanes of at least 4 members (excludes halogenated alkanes) is 1. The van der Waals surface area contributed by atoms with Gasteiger partial charge in [0.15, 0.2) is 0 Å². The van der Waals surface area contributed by atoms with Gasteiger partial charge in [0.1, 0.15) is 6.29 Å². The van der Waals surface area contributed by atoms with Crippen LogP contribution in [-0.4, -0.2) is 6.29 Å². The highest BCUT2D eigenvalue weighted by Crippen LogP contribution is 1.92. The first kappa shape index (κ1) is 8.15. The van der Waals surface area contributed by atoms with Crippen molar-refractivity contribution in [2.75, 3.05) is 0 Å². The van der Waals surface area contributed by atoms with E-state index in [4.69, 9.17) is 0 Å². The van der Waals surface area contributed by atoms with Crippen LogP contribution in [0.4, 0.5) is 0 Å². The molecule has 0 saturated heterocycles. The maximum absolute atomic E-state index is 9.95. The summed E-state index contributed by atoms with van der Waals surface area (Å²) in [7, 11) is 0. The molecule has 1 heteroatoms. The van der Waals surface area contributed by atoms with Crippen molar-refractivity contribution < 1.29 is 4.79 Å². The molecule has 0 spiro atoms. The number of aldehydes is 1. The molecule has 0 fully saturated rings. The Morgan fingerprint density at radius 3 is 2.78 bits per heavy atom. The van der Waals surface area contributed by atoms with E-state index < -0.39 is 0 Å². The van der Waals surface area contributed by atoms with E-state index in [0.717, 1.165) is 19.1 Å². The zero-order valence-corrected chi connectivity index (χ0v) is 5.76. The third-order valence-electron chi connectivity index (χ3n) is 0.939. The third kappa shape index (κ3) is 5.01. The second-order valence-corrected chi connectivity index (χ2v) is 1.88. The molecule has 0 aliphatic carbocycles. The molecule has 0 unspecified atom stereocenters. The van der Waals surface area contributed by atoms with Crippen LogP contribution in [-0.2, 0) is 4.79 Å². The Balaban J connectivity index is 3.44. The molecular formula is C8H12O. The average molecular weight is 124 g/mol. The highest BCUT2D eigenvalue weighted by atomic mass is 16.1. The average Bonchev–Trinajstić information content (AvgIpc) is 1.89. The maximum Gasteiger partial charge on any atom is 0.149 e. The van der Waals surface area contributed by atoms with E-state index >= 15 is 0 Å². The molecule has 0 aromatic rings. The summed E-state index contributed by atoms with van der Waals surface area (Å²) in [6.07, 6.45) is 6.59. The number of rotatable bonds is 4. The molecule has 50 valence electrons. The molecule has 0 aromatic heterocycles. The van der Waals surface area contributed by atoms with Crippen LogP contribution in [0, 0.1) is 0 Å². The summed E-state index contributed by atoms with van der Waals surface area (Å²) in [6, 6.07) is 0. The highest BCUT2D eigenvalue weighted by Gasteiger charge is 1.78. The largest absolute Gasteiger partial charge is 0.298 e. The minimum absolute atomic E-state index is 0.545. The molecular weight excluding hydrogens is 112 g/mol. The number of allylic oxidation sites excluding steroid dienone is 3. The third-order valence-corrected chi connectivity index (χ3v) is 0.939. The molecule has 0 N–H and O–H groups in total. The van der Waals surface area contributed by atoms with Gasteiger partial charge < -0.3 is 0 Å². The van der Waals surface area contributed by atoms with Crippen molar-refractivity contribution in [3.63, 3.8) is 0 Å². The summed E-state index contributed by atoms with van der Waals surface area (Å²) in [4.78, 5) is 9.95. The lowest BCUT2D eigenvalue weighted by Crippen LogP contribution is -1.72. The monoisotopic (exact) mass is 124 g/mol. The van der Waals surface area contributed by atoms with Gasteiger partial charge in [-0.05, 0) is 6.42 Å². The minimum Gasteiger partial charge on any atom is -0.298 e. The molecule has 0 heterocycles. The smallest absolute Gasteiger partial charge is 0.149 e. The van der Waals surface area contributed by atoms with Crippen molar-refractivity contribution >= 4 is 6.29 Å². The summed E-state index contributed by atoms with van der Waals surface area (Å²) in [6.45, 7) is 5.58. The minimum atomic E-state index is 0.545. The molecule has 0 aliphatic heterocycles. The first-order valence-corrected chi connectivity index (χ1v) is 3.12. The van der Waals surface area contributed by atoms with Crippen molar-refractivity contribution in [3.05, 3.63) is 24.3 Å². The molecule has 0 saturated carbocycles. The van der Waals surface area contributed by atoms with Crippen LogP contribution >= 0.6 is 0 Å².